The van der Waals surface area contributed by atoms with Crippen molar-refractivity contribution >= 4 is 28.5 Å². The zero-order chi connectivity index (χ0) is 27.4. The maximum absolute atomic E-state index is 15.4. The minimum Gasteiger partial charge on any atom is -0.497 e. The van der Waals surface area contributed by atoms with Gasteiger partial charge in [-0.3, -0.25) is 14.5 Å². The first kappa shape index (κ1) is 26.1. The molecule has 1 N–H and O–H groups in total. The van der Waals surface area contributed by atoms with Gasteiger partial charge in [0.15, 0.2) is 0 Å². The number of hydrogen-bond acceptors (Lipinski definition) is 6. The Balaban J connectivity index is 1.63. The molecule has 3 aromatic carbocycles. The number of fused-ring (bicyclic) bond motifs is 1. The van der Waals surface area contributed by atoms with Crippen molar-refractivity contribution in [3.63, 3.8) is 0 Å². The van der Waals surface area contributed by atoms with E-state index in [0.717, 1.165) is 25.7 Å². The maximum atomic E-state index is 15.4. The van der Waals surface area contributed by atoms with Gasteiger partial charge in [0.2, 0.25) is 11.8 Å². The number of halogens is 1. The molecule has 0 saturated heterocycles. The van der Waals surface area contributed by atoms with Gasteiger partial charge in [-0.15, -0.1) is 5.10 Å². The first-order chi connectivity index (χ1) is 19.0. The van der Waals surface area contributed by atoms with E-state index in [1.165, 1.54) is 42.0 Å². The van der Waals surface area contributed by atoms with Gasteiger partial charge in [-0.2, -0.15) is 0 Å². The Morgan fingerprint density at radius 2 is 1.69 bits per heavy atom. The van der Waals surface area contributed by atoms with Crippen LogP contribution in [0.3, 0.4) is 0 Å². The zero-order valence-electron chi connectivity index (χ0n) is 21.8. The normalized spacial score (nSPS) is 14.2. The van der Waals surface area contributed by atoms with Crippen LogP contribution in [0.2, 0.25) is 0 Å². The highest BCUT2D eigenvalue weighted by atomic mass is 19.1. The summed E-state index contributed by atoms with van der Waals surface area (Å²) < 4.78 is 27.7. The third-order valence-electron chi connectivity index (χ3n) is 6.98. The van der Waals surface area contributed by atoms with Crippen LogP contribution in [0.4, 0.5) is 10.1 Å². The number of hydrogen-bond donors (Lipinski definition) is 1. The highest BCUT2D eigenvalue weighted by molar-refractivity contribution is 6.01. The highest BCUT2D eigenvalue weighted by Crippen LogP contribution is 2.35. The molecule has 1 atom stereocenters. The monoisotopic (exact) mass is 531 g/mol. The molecule has 1 fully saturated rings. The fourth-order valence-corrected chi connectivity index (χ4v) is 5.06. The minimum atomic E-state index is -1.21. The Kier molecular flexibility index (Phi) is 7.72. The Hall–Kier alpha value is -4.47. The lowest BCUT2D eigenvalue weighted by atomic mass is 10.0. The van der Waals surface area contributed by atoms with Crippen LogP contribution >= 0.6 is 0 Å². The van der Waals surface area contributed by atoms with Crippen LogP contribution in [0, 0.1) is 5.82 Å². The minimum absolute atomic E-state index is 0.0238. The lowest BCUT2D eigenvalue weighted by Crippen LogP contribution is -2.47. The van der Waals surface area contributed by atoms with E-state index in [1.807, 2.05) is 12.1 Å². The molecule has 10 heteroatoms. The summed E-state index contributed by atoms with van der Waals surface area (Å²) in [5, 5.41) is 11.4. The summed E-state index contributed by atoms with van der Waals surface area (Å²) in [4.78, 5) is 29.3. The molecule has 0 radical (unpaired) electrons. The van der Waals surface area contributed by atoms with Crippen molar-refractivity contribution < 1.29 is 23.5 Å². The molecule has 39 heavy (non-hydrogen) atoms. The number of nitrogens with one attached hydrogen (secondary N) is 1. The van der Waals surface area contributed by atoms with Gasteiger partial charge < -0.3 is 14.8 Å². The van der Waals surface area contributed by atoms with Gasteiger partial charge in [0.25, 0.3) is 0 Å². The van der Waals surface area contributed by atoms with Crippen molar-refractivity contribution in [3.8, 4) is 11.5 Å². The lowest BCUT2D eigenvalue weighted by molar-refractivity contribution is -0.127. The fourth-order valence-electron chi connectivity index (χ4n) is 5.06. The molecule has 0 aliphatic heterocycles. The lowest BCUT2D eigenvalue weighted by Gasteiger charge is -2.33. The summed E-state index contributed by atoms with van der Waals surface area (Å²) in [6, 6.07) is 16.9. The molecular formula is C29H30FN5O4. The summed E-state index contributed by atoms with van der Waals surface area (Å²) in [5.74, 6) is -0.721. The van der Waals surface area contributed by atoms with Crippen molar-refractivity contribution in [1.82, 2.24) is 20.3 Å². The predicted octanol–water partition coefficient (Wildman–Crippen LogP) is 4.42. The molecule has 1 aliphatic rings. The smallest absolute Gasteiger partial charge is 0.249 e. The van der Waals surface area contributed by atoms with Crippen molar-refractivity contribution in [1.29, 1.82) is 0 Å². The third-order valence-corrected chi connectivity index (χ3v) is 6.98. The maximum Gasteiger partial charge on any atom is 0.249 e. The predicted molar refractivity (Wildman–Crippen MR) is 144 cm³/mol. The molecule has 1 aromatic heterocycles. The molecule has 0 bridgehead atoms. The first-order valence-corrected chi connectivity index (χ1v) is 12.9. The molecule has 0 spiro atoms. The second kappa shape index (κ2) is 11.5. The number of ether oxygens (including phenoxy) is 2. The SMILES string of the molecule is COc1cc(OC)cc([C@@H](C(=O)NC2CCCC2)N(C(=O)Cn2nnc3ccccc32)c2ccccc2F)c1. The van der Waals surface area contributed by atoms with E-state index in [-0.39, 0.29) is 18.3 Å². The van der Waals surface area contributed by atoms with Gasteiger partial charge in [-0.05, 0) is 54.8 Å². The second-order valence-corrected chi connectivity index (χ2v) is 9.49. The van der Waals surface area contributed by atoms with E-state index in [4.69, 9.17) is 9.47 Å². The largest absolute Gasteiger partial charge is 0.497 e. The van der Waals surface area contributed by atoms with Crippen LogP contribution in [0.15, 0.2) is 66.7 Å². The highest BCUT2D eigenvalue weighted by Gasteiger charge is 2.36. The molecule has 9 nitrogen and oxygen atoms in total. The first-order valence-electron chi connectivity index (χ1n) is 12.9. The molecule has 2 amide bonds. The number of methoxy groups -OCH3 is 2. The van der Waals surface area contributed by atoms with Gasteiger partial charge in [0.1, 0.15) is 35.4 Å². The van der Waals surface area contributed by atoms with E-state index in [9.17, 15) is 9.59 Å². The topological polar surface area (TPSA) is 98.6 Å². The standard InChI is InChI=1S/C29H30FN5O4/c1-38-21-15-19(16-22(17-21)39-2)28(29(37)31-20-9-3-4-10-20)35(25-13-7-5-11-23(25)30)27(36)18-34-26-14-8-6-12-24(26)32-33-34/h5-8,11-17,20,28H,3-4,9-10,18H2,1-2H3,(H,31,37)/t28-/m0/s1. The number of anilines is 1. The van der Waals surface area contributed by atoms with Crippen LogP contribution in [0.1, 0.15) is 37.3 Å². The number of benzene rings is 3. The number of carbonyl (C=O) groups excluding carboxylic acids is 2. The average Bonchev–Trinajstić information content (AvgIpc) is 3.62. The average molecular weight is 532 g/mol. The van der Waals surface area contributed by atoms with Crippen LogP contribution in [-0.2, 0) is 16.1 Å². The summed E-state index contributed by atoms with van der Waals surface area (Å²) in [7, 11) is 3.00. The Morgan fingerprint density at radius 3 is 2.38 bits per heavy atom. The van der Waals surface area contributed by atoms with Crippen LogP contribution in [0.5, 0.6) is 11.5 Å². The third kappa shape index (κ3) is 5.55. The van der Waals surface area contributed by atoms with Gasteiger partial charge in [-0.1, -0.05) is 42.3 Å². The molecule has 5 rings (SSSR count). The van der Waals surface area contributed by atoms with Crippen molar-refractivity contribution in [2.75, 3.05) is 19.1 Å². The molecule has 202 valence electrons. The zero-order valence-corrected chi connectivity index (χ0v) is 21.8. The number of nitrogens with zero attached hydrogens (tertiary/aromatic N) is 4. The van der Waals surface area contributed by atoms with Gasteiger partial charge in [-0.25, -0.2) is 9.07 Å². The van der Waals surface area contributed by atoms with Crippen LogP contribution < -0.4 is 19.7 Å². The van der Waals surface area contributed by atoms with Crippen LogP contribution in [-0.4, -0.2) is 47.1 Å². The summed E-state index contributed by atoms with van der Waals surface area (Å²) in [6.45, 7) is -0.261. The number of aromatic nitrogens is 3. The molecule has 0 unspecified atom stereocenters. The molecule has 4 aromatic rings. The van der Waals surface area contributed by atoms with Crippen molar-refractivity contribution in [2.24, 2.45) is 0 Å². The van der Waals surface area contributed by atoms with E-state index in [2.05, 4.69) is 15.6 Å². The second-order valence-electron chi connectivity index (χ2n) is 9.49. The molecule has 1 aliphatic carbocycles. The number of amides is 2. The van der Waals surface area contributed by atoms with Gasteiger partial charge >= 0.3 is 0 Å². The van der Waals surface area contributed by atoms with Gasteiger partial charge in [0.05, 0.1) is 25.4 Å². The number of rotatable bonds is 9. The molecule has 1 heterocycles. The van der Waals surface area contributed by atoms with Crippen LogP contribution in [0.25, 0.3) is 11.0 Å². The van der Waals surface area contributed by atoms with E-state index < -0.39 is 23.7 Å². The summed E-state index contributed by atoms with van der Waals surface area (Å²) >= 11 is 0. The quantitative estimate of drug-likeness (QED) is 0.343. The summed E-state index contributed by atoms with van der Waals surface area (Å²) in [5.41, 5.74) is 1.66. The number of para-hydroxylation sites is 2. The Morgan fingerprint density at radius 1 is 1.03 bits per heavy atom. The fraction of sp³-hybridized carbons (Fsp3) is 0.310. The van der Waals surface area contributed by atoms with Crippen molar-refractivity contribution in [2.45, 2.75) is 44.3 Å². The van der Waals surface area contributed by atoms with Crippen molar-refractivity contribution in [3.05, 3.63) is 78.1 Å². The number of carbonyl (C=O) groups is 2. The molecular weight excluding hydrogens is 501 g/mol. The van der Waals surface area contributed by atoms with E-state index in [0.29, 0.717) is 28.1 Å². The molecule has 1 saturated carbocycles. The Bertz CT molecular complexity index is 1460. The van der Waals surface area contributed by atoms with E-state index >= 15 is 4.39 Å². The van der Waals surface area contributed by atoms with E-state index in [1.54, 1.807) is 36.4 Å². The Labute approximate surface area is 225 Å². The summed E-state index contributed by atoms with van der Waals surface area (Å²) in [6.07, 6.45) is 3.72. The van der Waals surface area contributed by atoms with Gasteiger partial charge in [0, 0.05) is 12.1 Å².